The molecule has 22 heavy (non-hydrogen) atoms. The van der Waals surface area contributed by atoms with Gasteiger partial charge in [0.1, 0.15) is 0 Å². The van der Waals surface area contributed by atoms with Gasteiger partial charge in [-0.25, -0.2) is 4.79 Å². The minimum atomic E-state index is -0.949. The van der Waals surface area contributed by atoms with Crippen molar-refractivity contribution in [2.75, 3.05) is 0 Å². The third-order valence-corrected chi connectivity index (χ3v) is 3.75. The van der Waals surface area contributed by atoms with E-state index in [1.54, 1.807) is 0 Å². The summed E-state index contributed by atoms with van der Waals surface area (Å²) in [5.74, 6) is -0.949. The summed E-state index contributed by atoms with van der Waals surface area (Å²) in [6.07, 6.45) is 9.77. The highest BCUT2D eigenvalue weighted by Crippen LogP contribution is 2.41. The molecule has 0 aromatic rings. The molecule has 3 nitrogen and oxygen atoms in total. The second-order valence-corrected chi connectivity index (χ2v) is 6.59. The van der Waals surface area contributed by atoms with Gasteiger partial charge >= 0.3 is 5.97 Å². The van der Waals surface area contributed by atoms with Crippen molar-refractivity contribution in [2.24, 2.45) is 5.41 Å². The van der Waals surface area contributed by atoms with E-state index < -0.39 is 12.1 Å². The molecule has 0 spiro atoms. The van der Waals surface area contributed by atoms with Crippen molar-refractivity contribution < 1.29 is 15.0 Å². The number of carbonyl (C=O) groups is 1. The third kappa shape index (κ3) is 5.15. The minimum absolute atomic E-state index is 0.205. The number of aliphatic hydroxyl groups excluding tert-OH is 1. The topological polar surface area (TPSA) is 57.5 Å². The highest BCUT2D eigenvalue weighted by Gasteiger charge is 2.35. The number of aliphatic hydroxyl groups is 1. The van der Waals surface area contributed by atoms with E-state index in [9.17, 15) is 15.0 Å². The molecular weight excluding hydrogens is 276 g/mol. The lowest BCUT2D eigenvalue weighted by atomic mass is 9.71. The molecular formula is C19H26O3. The maximum absolute atomic E-state index is 11.5. The summed E-state index contributed by atoms with van der Waals surface area (Å²) >= 11 is 0. The second-order valence-electron chi connectivity index (χ2n) is 6.59. The molecule has 1 aliphatic rings. The first kappa shape index (κ1) is 18.2. The van der Waals surface area contributed by atoms with Gasteiger partial charge in [-0.1, -0.05) is 62.0 Å². The van der Waals surface area contributed by atoms with Crippen LogP contribution in [0, 0.1) is 5.41 Å². The van der Waals surface area contributed by atoms with Gasteiger partial charge in [0.15, 0.2) is 0 Å². The molecule has 0 aromatic carbocycles. The van der Waals surface area contributed by atoms with Gasteiger partial charge in [-0.15, -0.1) is 0 Å². The van der Waals surface area contributed by atoms with Crippen molar-refractivity contribution in [1.29, 1.82) is 0 Å². The van der Waals surface area contributed by atoms with Gasteiger partial charge in [-0.05, 0) is 31.3 Å². The van der Waals surface area contributed by atoms with E-state index >= 15 is 0 Å². The third-order valence-electron chi connectivity index (χ3n) is 3.75. The van der Waals surface area contributed by atoms with Crippen LogP contribution in [0.2, 0.25) is 0 Å². The molecule has 0 aromatic heterocycles. The lowest BCUT2D eigenvalue weighted by Gasteiger charge is -2.35. The summed E-state index contributed by atoms with van der Waals surface area (Å²) in [6, 6.07) is 0. The van der Waals surface area contributed by atoms with Gasteiger partial charge in [-0.3, -0.25) is 0 Å². The maximum Gasteiger partial charge on any atom is 0.331 e. The molecule has 1 rings (SSSR count). The van der Waals surface area contributed by atoms with E-state index in [-0.39, 0.29) is 11.8 Å². The van der Waals surface area contributed by atoms with E-state index in [0.717, 1.165) is 16.7 Å². The fraction of sp³-hybridized carbons (Fsp3) is 0.421. The summed E-state index contributed by atoms with van der Waals surface area (Å²) in [7, 11) is 0. The van der Waals surface area contributed by atoms with Crippen LogP contribution in [0.1, 0.15) is 40.5 Å². The predicted molar refractivity (Wildman–Crippen MR) is 90.5 cm³/mol. The molecule has 0 saturated heterocycles. The van der Waals surface area contributed by atoms with Crippen molar-refractivity contribution in [3.05, 3.63) is 59.3 Å². The lowest BCUT2D eigenvalue weighted by molar-refractivity contribution is -0.133. The predicted octanol–water partition coefficient (Wildman–Crippen LogP) is 4.18. The molecule has 0 radical (unpaired) electrons. The monoisotopic (exact) mass is 302 g/mol. The molecule has 0 saturated carbocycles. The minimum Gasteiger partial charge on any atom is -0.478 e. The lowest BCUT2D eigenvalue weighted by Crippen LogP contribution is -2.31. The standard InChI is InChI=1S/C19H26O3/c1-13(2)7-6-8-14(3)9-10-17-16(18(21)22)11-15(20)12-19(17,4)5/h6-10,15,20H,1,11-12H2,2-5H3,(H,21,22)/b7-6+,10-9+,14-8+. The summed E-state index contributed by atoms with van der Waals surface area (Å²) in [5, 5.41) is 19.3. The molecule has 0 fully saturated rings. The molecule has 120 valence electrons. The van der Waals surface area contributed by atoms with E-state index in [0.29, 0.717) is 12.0 Å². The summed E-state index contributed by atoms with van der Waals surface area (Å²) in [4.78, 5) is 11.5. The van der Waals surface area contributed by atoms with Gasteiger partial charge in [0.05, 0.1) is 6.10 Å². The Labute approximate surface area is 133 Å². The van der Waals surface area contributed by atoms with E-state index in [2.05, 4.69) is 6.58 Å². The van der Waals surface area contributed by atoms with Crippen LogP contribution in [-0.4, -0.2) is 22.3 Å². The SMILES string of the molecule is C=C(C)/C=C/C=C(C)/C=C/C1=C(C(=O)O)CC(O)CC1(C)C. The quantitative estimate of drug-likeness (QED) is 0.749. The van der Waals surface area contributed by atoms with E-state index in [4.69, 9.17) is 0 Å². The number of rotatable bonds is 5. The Hall–Kier alpha value is -1.87. The Kier molecular flexibility index (Phi) is 6.12. The number of allylic oxidation sites excluding steroid dienone is 8. The molecule has 1 aliphatic carbocycles. The molecule has 0 amide bonds. The fourth-order valence-corrected chi connectivity index (χ4v) is 2.69. The van der Waals surface area contributed by atoms with Gasteiger partial charge in [0.25, 0.3) is 0 Å². The van der Waals surface area contributed by atoms with Crippen molar-refractivity contribution in [3.63, 3.8) is 0 Å². The van der Waals surface area contributed by atoms with E-state index in [1.807, 2.05) is 58.1 Å². The number of hydrogen-bond donors (Lipinski definition) is 2. The number of hydrogen-bond acceptors (Lipinski definition) is 2. The molecule has 1 atom stereocenters. The molecule has 1 unspecified atom stereocenters. The average Bonchev–Trinajstić information content (AvgIpc) is 2.35. The number of carboxylic acid groups (broad SMARTS) is 1. The van der Waals surface area contributed by atoms with Gasteiger partial charge in [0.2, 0.25) is 0 Å². The maximum atomic E-state index is 11.5. The normalized spacial score (nSPS) is 22.6. The summed E-state index contributed by atoms with van der Waals surface area (Å²) < 4.78 is 0. The van der Waals surface area contributed by atoms with Crippen LogP contribution >= 0.6 is 0 Å². The van der Waals surface area contributed by atoms with Crippen molar-refractivity contribution in [3.8, 4) is 0 Å². The van der Waals surface area contributed by atoms with Gasteiger partial charge in [0, 0.05) is 12.0 Å². The Balaban J connectivity index is 3.09. The first-order valence-corrected chi connectivity index (χ1v) is 7.47. The Morgan fingerprint density at radius 3 is 2.50 bits per heavy atom. The Morgan fingerprint density at radius 1 is 1.32 bits per heavy atom. The zero-order chi connectivity index (χ0) is 16.9. The highest BCUT2D eigenvalue weighted by atomic mass is 16.4. The van der Waals surface area contributed by atoms with Crippen molar-refractivity contribution in [1.82, 2.24) is 0 Å². The highest BCUT2D eigenvalue weighted by molar-refractivity contribution is 5.89. The average molecular weight is 302 g/mol. The van der Waals surface area contributed by atoms with Crippen LogP contribution in [0.25, 0.3) is 0 Å². The summed E-state index contributed by atoms with van der Waals surface area (Å²) in [6.45, 7) is 11.6. The molecule has 2 N–H and O–H groups in total. The molecule has 0 aliphatic heterocycles. The van der Waals surface area contributed by atoms with Crippen LogP contribution < -0.4 is 0 Å². The molecule has 0 heterocycles. The van der Waals surface area contributed by atoms with Gasteiger partial charge in [-0.2, -0.15) is 0 Å². The number of aliphatic carboxylic acids is 1. The van der Waals surface area contributed by atoms with Crippen LogP contribution in [-0.2, 0) is 4.79 Å². The Bertz CT molecular complexity index is 571. The second kappa shape index (κ2) is 7.41. The van der Waals surface area contributed by atoms with Crippen LogP contribution in [0.5, 0.6) is 0 Å². The molecule has 3 heteroatoms. The zero-order valence-corrected chi connectivity index (χ0v) is 13.9. The zero-order valence-electron chi connectivity index (χ0n) is 13.9. The molecule has 0 bridgehead atoms. The van der Waals surface area contributed by atoms with Crippen molar-refractivity contribution >= 4 is 5.97 Å². The number of carboxylic acids is 1. The first-order chi connectivity index (χ1) is 10.1. The largest absolute Gasteiger partial charge is 0.478 e. The Morgan fingerprint density at radius 2 is 1.95 bits per heavy atom. The van der Waals surface area contributed by atoms with Crippen LogP contribution in [0.15, 0.2) is 59.3 Å². The van der Waals surface area contributed by atoms with Crippen LogP contribution in [0.3, 0.4) is 0 Å². The van der Waals surface area contributed by atoms with Crippen molar-refractivity contribution in [2.45, 2.75) is 46.6 Å². The van der Waals surface area contributed by atoms with E-state index in [1.165, 1.54) is 0 Å². The first-order valence-electron chi connectivity index (χ1n) is 7.47. The fourth-order valence-electron chi connectivity index (χ4n) is 2.69. The smallest absolute Gasteiger partial charge is 0.331 e. The van der Waals surface area contributed by atoms with Crippen LogP contribution in [0.4, 0.5) is 0 Å². The summed E-state index contributed by atoms with van der Waals surface area (Å²) in [5.41, 5.74) is 2.76. The van der Waals surface area contributed by atoms with Gasteiger partial charge < -0.3 is 10.2 Å².